The highest BCUT2D eigenvalue weighted by atomic mass is 16.5. The topological polar surface area (TPSA) is 73.7 Å². The van der Waals surface area contributed by atoms with Gasteiger partial charge < -0.3 is 15.0 Å². The molecule has 2 N–H and O–H groups in total. The number of nitriles is 1. The molecule has 0 bridgehead atoms. The summed E-state index contributed by atoms with van der Waals surface area (Å²) < 4.78 is 5.32. The van der Waals surface area contributed by atoms with Crippen molar-refractivity contribution in [3.05, 3.63) is 83.8 Å². The molecule has 1 aliphatic rings. The molecule has 0 spiro atoms. The second kappa shape index (κ2) is 8.73. The van der Waals surface area contributed by atoms with Crippen molar-refractivity contribution in [2.45, 2.75) is 25.2 Å². The number of aromatic amines is 1. The van der Waals surface area contributed by atoms with Gasteiger partial charge >= 0.3 is 0 Å². The van der Waals surface area contributed by atoms with Gasteiger partial charge in [0.15, 0.2) is 0 Å². The van der Waals surface area contributed by atoms with Crippen LogP contribution in [0.25, 0.3) is 22.0 Å². The summed E-state index contributed by atoms with van der Waals surface area (Å²) in [5, 5.41) is 14.2. The van der Waals surface area contributed by atoms with Crippen molar-refractivity contribution >= 4 is 10.9 Å². The highest BCUT2D eigenvalue weighted by molar-refractivity contribution is 5.86. The molecule has 0 amide bonds. The molecular weight excluding hydrogens is 408 g/mol. The molecule has 1 saturated heterocycles. The number of hydrogen-bond acceptors (Lipinski definition) is 4. The van der Waals surface area contributed by atoms with Gasteiger partial charge in [0.2, 0.25) is 0 Å². The van der Waals surface area contributed by atoms with Gasteiger partial charge in [0.05, 0.1) is 18.7 Å². The minimum atomic E-state index is -0.269. The van der Waals surface area contributed by atoms with Gasteiger partial charge in [-0.25, -0.2) is 0 Å². The van der Waals surface area contributed by atoms with Crippen LogP contribution in [0.4, 0.5) is 0 Å². The maximum absolute atomic E-state index is 9.50. The molecule has 0 radical (unpaired) electrons. The molecule has 0 saturated carbocycles. The summed E-state index contributed by atoms with van der Waals surface area (Å²) in [5.74, 6) is 1.25. The number of H-pyrrole nitrogens is 1. The summed E-state index contributed by atoms with van der Waals surface area (Å²) in [4.78, 5) is 8.12. The predicted molar refractivity (Wildman–Crippen MR) is 131 cm³/mol. The van der Waals surface area contributed by atoms with E-state index < -0.39 is 0 Å². The molecule has 4 aromatic rings. The summed E-state index contributed by atoms with van der Waals surface area (Å²) >= 11 is 0. The third-order valence-corrected chi connectivity index (χ3v) is 7.25. The number of hydrogen-bond donors (Lipinski definition) is 2. The Labute approximate surface area is 194 Å². The second-order valence-electron chi connectivity index (χ2n) is 9.01. The highest BCUT2D eigenvalue weighted by Gasteiger charge is 2.40. The van der Waals surface area contributed by atoms with Crippen molar-refractivity contribution in [2.24, 2.45) is 5.92 Å². The van der Waals surface area contributed by atoms with Crippen molar-refractivity contribution in [3.8, 4) is 22.9 Å². The fourth-order valence-corrected chi connectivity index (χ4v) is 5.24. The van der Waals surface area contributed by atoms with E-state index in [0.29, 0.717) is 11.5 Å². The second-order valence-corrected chi connectivity index (χ2v) is 9.01. The van der Waals surface area contributed by atoms with Crippen LogP contribution in [-0.2, 0) is 5.41 Å². The van der Waals surface area contributed by atoms with Gasteiger partial charge in [0, 0.05) is 40.5 Å². The fourth-order valence-electron chi connectivity index (χ4n) is 5.24. The van der Waals surface area contributed by atoms with Crippen molar-refractivity contribution in [1.82, 2.24) is 15.3 Å². The summed E-state index contributed by atoms with van der Waals surface area (Å²) in [6, 6.07) is 18.6. The molecule has 2 aromatic heterocycles. The molecule has 33 heavy (non-hydrogen) atoms. The third kappa shape index (κ3) is 3.77. The van der Waals surface area contributed by atoms with Crippen molar-refractivity contribution in [3.63, 3.8) is 0 Å². The molecule has 5 rings (SSSR count). The molecular formula is C28H28N4O. The number of nitrogens with one attached hydrogen (secondary N) is 2. The van der Waals surface area contributed by atoms with Crippen LogP contribution < -0.4 is 10.1 Å². The van der Waals surface area contributed by atoms with E-state index in [9.17, 15) is 5.26 Å². The summed E-state index contributed by atoms with van der Waals surface area (Å²) in [6.07, 6.45) is 8.35. The number of aromatic nitrogens is 2. The minimum Gasteiger partial charge on any atom is -0.497 e. The Morgan fingerprint density at radius 2 is 1.94 bits per heavy atom. The van der Waals surface area contributed by atoms with Crippen LogP contribution in [0.3, 0.4) is 0 Å². The number of ether oxygens (including phenoxy) is 1. The molecule has 1 aliphatic heterocycles. The van der Waals surface area contributed by atoms with E-state index in [1.54, 1.807) is 7.11 Å². The first-order chi connectivity index (χ1) is 16.1. The first-order valence-corrected chi connectivity index (χ1v) is 11.5. The Hall–Kier alpha value is -3.62. The molecule has 2 aromatic carbocycles. The first-order valence-electron chi connectivity index (χ1n) is 11.5. The van der Waals surface area contributed by atoms with Crippen molar-refractivity contribution in [2.75, 3.05) is 20.2 Å². The van der Waals surface area contributed by atoms with Gasteiger partial charge in [-0.15, -0.1) is 0 Å². The van der Waals surface area contributed by atoms with Gasteiger partial charge in [-0.05, 0) is 84.9 Å². The van der Waals surface area contributed by atoms with Crippen LogP contribution in [0.1, 0.15) is 36.5 Å². The van der Waals surface area contributed by atoms with E-state index >= 15 is 0 Å². The zero-order valence-corrected chi connectivity index (χ0v) is 19.1. The molecule has 5 nitrogen and oxygen atoms in total. The Bertz CT molecular complexity index is 1310. The van der Waals surface area contributed by atoms with E-state index in [2.05, 4.69) is 52.7 Å². The zero-order chi connectivity index (χ0) is 22.8. The van der Waals surface area contributed by atoms with Crippen LogP contribution in [0.5, 0.6) is 5.75 Å². The number of rotatable bonds is 5. The van der Waals surface area contributed by atoms with Gasteiger partial charge in [-0.2, -0.15) is 5.26 Å². The molecule has 0 aliphatic carbocycles. The minimum absolute atomic E-state index is 0.269. The van der Waals surface area contributed by atoms with Gasteiger partial charge in [-0.3, -0.25) is 4.98 Å². The molecule has 3 heterocycles. The van der Waals surface area contributed by atoms with Crippen LogP contribution >= 0.6 is 0 Å². The lowest BCUT2D eigenvalue weighted by Crippen LogP contribution is -2.43. The average molecular weight is 437 g/mol. The smallest absolute Gasteiger partial charge is 0.118 e. The average Bonchev–Trinajstić information content (AvgIpc) is 3.32. The van der Waals surface area contributed by atoms with Gasteiger partial charge in [0.1, 0.15) is 5.75 Å². The largest absolute Gasteiger partial charge is 0.497 e. The van der Waals surface area contributed by atoms with Crippen molar-refractivity contribution in [1.29, 1.82) is 5.26 Å². The third-order valence-electron chi connectivity index (χ3n) is 7.25. The van der Waals surface area contributed by atoms with E-state index in [1.807, 2.05) is 42.7 Å². The Kier molecular flexibility index (Phi) is 5.62. The number of pyridine rings is 1. The summed E-state index contributed by atoms with van der Waals surface area (Å²) in [7, 11) is 1.68. The predicted octanol–water partition coefficient (Wildman–Crippen LogP) is 5.42. The first kappa shape index (κ1) is 21.2. The molecule has 2 unspecified atom stereocenters. The Morgan fingerprint density at radius 3 is 2.67 bits per heavy atom. The number of nitrogens with zero attached hydrogens (tertiary/aromatic N) is 2. The van der Waals surface area contributed by atoms with Gasteiger partial charge in [0.25, 0.3) is 0 Å². The lowest BCUT2D eigenvalue weighted by molar-refractivity contribution is 0.271. The quantitative estimate of drug-likeness (QED) is 0.438. The van der Waals surface area contributed by atoms with Gasteiger partial charge in [-0.1, -0.05) is 19.1 Å². The van der Waals surface area contributed by atoms with E-state index in [-0.39, 0.29) is 5.41 Å². The lowest BCUT2D eigenvalue weighted by atomic mass is 9.65. The molecule has 5 heteroatoms. The molecule has 2 atom stereocenters. The fraction of sp³-hybridized carbons (Fsp3) is 0.286. The number of fused-ring (bicyclic) bond motifs is 1. The van der Waals surface area contributed by atoms with E-state index in [4.69, 9.17) is 4.74 Å². The van der Waals surface area contributed by atoms with Crippen LogP contribution in [0, 0.1) is 17.2 Å². The number of piperidine rings is 1. The summed E-state index contributed by atoms with van der Waals surface area (Å²) in [5.41, 5.74) is 6.07. The Morgan fingerprint density at radius 1 is 1.09 bits per heavy atom. The normalized spacial score (nSPS) is 17.9. The molecule has 166 valence electrons. The van der Waals surface area contributed by atoms with Crippen LogP contribution in [0.2, 0.25) is 0 Å². The monoisotopic (exact) mass is 436 g/mol. The maximum atomic E-state index is 9.50. The van der Waals surface area contributed by atoms with E-state index in [0.717, 1.165) is 53.7 Å². The lowest BCUT2D eigenvalue weighted by Gasteiger charge is -2.41. The number of methoxy groups -OCH3 is 1. The van der Waals surface area contributed by atoms with Crippen LogP contribution in [0.15, 0.2) is 67.1 Å². The maximum Gasteiger partial charge on any atom is 0.118 e. The standard InChI is InChI=1S/C28H28N4O/c1-28(22-4-3-11-30-16-22,26-18-32-27-10-5-19(14-29)12-25(26)27)23-13-21(15-31-17-23)20-6-8-24(33-2)9-7-20/h5-10,12-13,15,17-18,22,30,32H,3-4,11,16H2,1-2H3. The van der Waals surface area contributed by atoms with Crippen molar-refractivity contribution < 1.29 is 4.74 Å². The summed E-state index contributed by atoms with van der Waals surface area (Å²) in [6.45, 7) is 4.35. The highest BCUT2D eigenvalue weighted by Crippen LogP contribution is 2.45. The Balaban J connectivity index is 1.67. The number of benzene rings is 2. The molecule has 1 fully saturated rings. The van der Waals surface area contributed by atoms with E-state index in [1.165, 1.54) is 11.1 Å². The zero-order valence-electron chi connectivity index (χ0n) is 19.1. The SMILES string of the molecule is COc1ccc(-c2cncc(C(C)(c3c[nH]c4ccc(C#N)cc34)C3CCCNC3)c2)cc1. The van der Waals surface area contributed by atoms with Crippen LogP contribution in [-0.4, -0.2) is 30.2 Å².